The van der Waals surface area contributed by atoms with Crippen LogP contribution < -0.4 is 11.3 Å². The van der Waals surface area contributed by atoms with Crippen molar-refractivity contribution in [2.75, 3.05) is 0 Å². The van der Waals surface area contributed by atoms with Gasteiger partial charge >= 0.3 is 0 Å². The summed E-state index contributed by atoms with van der Waals surface area (Å²) < 4.78 is 0. The Hall–Kier alpha value is -1.84. The molecule has 0 aliphatic carbocycles. The number of nitrogens with one attached hydrogen (secondary N) is 1. The van der Waals surface area contributed by atoms with Crippen molar-refractivity contribution in [3.05, 3.63) is 35.9 Å². The Morgan fingerprint density at radius 2 is 2.00 bits per heavy atom. The molecule has 0 heterocycles. The molecule has 0 aromatic heterocycles. The molecule has 62 valence electrons. The predicted octanol–water partition coefficient (Wildman–Crippen LogP) is 0.512. The Bertz CT molecular complexity index is 278. The van der Waals surface area contributed by atoms with Gasteiger partial charge in [-0.3, -0.25) is 5.43 Å². The number of hydrazone groups is 2. The molecule has 0 bridgehead atoms. The van der Waals surface area contributed by atoms with Crippen molar-refractivity contribution in [3.63, 3.8) is 0 Å². The van der Waals surface area contributed by atoms with Gasteiger partial charge in [-0.1, -0.05) is 30.3 Å². The van der Waals surface area contributed by atoms with Crippen LogP contribution in [0, 0.1) is 0 Å². The first-order chi connectivity index (χ1) is 5.88. The number of rotatable bonds is 2. The summed E-state index contributed by atoms with van der Waals surface area (Å²) in [6, 6.07) is 9.46. The smallest absolute Gasteiger partial charge is 0.173 e. The second-order valence-electron chi connectivity index (χ2n) is 2.11. The van der Waals surface area contributed by atoms with E-state index in [1.54, 1.807) is 0 Å². The number of amidine groups is 1. The molecule has 0 fully saturated rings. The van der Waals surface area contributed by atoms with Crippen LogP contribution in [-0.4, -0.2) is 12.6 Å². The number of nitrogens with zero attached hydrogens (tertiary/aromatic N) is 2. The molecular formula is C8H10N4. The average molecular weight is 162 g/mol. The summed E-state index contributed by atoms with van der Waals surface area (Å²) in [5, 5.41) is 6.99. The average Bonchev–Trinajstić information content (AvgIpc) is 2.15. The van der Waals surface area contributed by atoms with Crippen LogP contribution in [0.2, 0.25) is 0 Å². The van der Waals surface area contributed by atoms with Crippen LogP contribution in [0.1, 0.15) is 5.56 Å². The van der Waals surface area contributed by atoms with E-state index in [2.05, 4.69) is 22.3 Å². The van der Waals surface area contributed by atoms with Crippen molar-refractivity contribution in [2.45, 2.75) is 0 Å². The van der Waals surface area contributed by atoms with E-state index in [0.717, 1.165) is 5.56 Å². The summed E-state index contributed by atoms with van der Waals surface area (Å²) in [7, 11) is 0. The molecule has 0 amide bonds. The molecule has 0 spiro atoms. The molecule has 4 nitrogen and oxygen atoms in total. The van der Waals surface area contributed by atoms with Crippen LogP contribution >= 0.6 is 0 Å². The van der Waals surface area contributed by atoms with Crippen LogP contribution in [0.3, 0.4) is 0 Å². The fraction of sp³-hybridized carbons (Fsp3) is 0. The topological polar surface area (TPSA) is 62.8 Å². The third kappa shape index (κ3) is 1.82. The second kappa shape index (κ2) is 4.12. The summed E-state index contributed by atoms with van der Waals surface area (Å²) in [6.45, 7) is 3.28. The van der Waals surface area contributed by atoms with E-state index in [1.807, 2.05) is 30.3 Å². The van der Waals surface area contributed by atoms with Crippen LogP contribution in [0.4, 0.5) is 0 Å². The van der Waals surface area contributed by atoms with Gasteiger partial charge in [-0.05, 0) is 0 Å². The van der Waals surface area contributed by atoms with Gasteiger partial charge in [0.2, 0.25) is 0 Å². The first kappa shape index (κ1) is 8.26. The highest BCUT2D eigenvalue weighted by Gasteiger charge is 1.98. The molecule has 1 rings (SSSR count). The van der Waals surface area contributed by atoms with E-state index in [9.17, 15) is 0 Å². The second-order valence-corrected chi connectivity index (χ2v) is 2.11. The van der Waals surface area contributed by atoms with Gasteiger partial charge in [0.25, 0.3) is 0 Å². The van der Waals surface area contributed by atoms with Crippen molar-refractivity contribution < 1.29 is 0 Å². The maximum Gasteiger partial charge on any atom is 0.173 e. The monoisotopic (exact) mass is 162 g/mol. The number of hydrogen-bond donors (Lipinski definition) is 2. The summed E-state index contributed by atoms with van der Waals surface area (Å²) in [5.74, 6) is 5.63. The third-order valence-electron chi connectivity index (χ3n) is 1.36. The fourth-order valence-electron chi connectivity index (χ4n) is 0.839. The zero-order chi connectivity index (χ0) is 8.81. The lowest BCUT2D eigenvalue weighted by Gasteiger charge is -2.01. The highest BCUT2D eigenvalue weighted by Crippen LogP contribution is 1.97. The molecule has 0 aliphatic rings. The Kier molecular flexibility index (Phi) is 2.84. The molecule has 0 aliphatic heterocycles. The van der Waals surface area contributed by atoms with Gasteiger partial charge < -0.3 is 5.84 Å². The minimum atomic E-state index is 0.505. The molecule has 1 aromatic carbocycles. The van der Waals surface area contributed by atoms with Gasteiger partial charge in [-0.2, -0.15) is 10.2 Å². The lowest BCUT2D eigenvalue weighted by atomic mass is 10.2. The lowest BCUT2D eigenvalue weighted by Crippen LogP contribution is -2.19. The summed E-state index contributed by atoms with van der Waals surface area (Å²) in [6.07, 6.45) is 0. The lowest BCUT2D eigenvalue weighted by molar-refractivity contribution is 1.02. The molecule has 0 unspecified atom stereocenters. The fourth-order valence-corrected chi connectivity index (χ4v) is 0.839. The van der Waals surface area contributed by atoms with Gasteiger partial charge in [-0.25, -0.2) is 0 Å². The van der Waals surface area contributed by atoms with E-state index in [1.165, 1.54) is 0 Å². The van der Waals surface area contributed by atoms with Crippen LogP contribution in [0.5, 0.6) is 0 Å². The van der Waals surface area contributed by atoms with E-state index < -0.39 is 0 Å². The highest BCUT2D eigenvalue weighted by molar-refractivity contribution is 5.98. The minimum Gasteiger partial charge on any atom is -0.321 e. The molecule has 4 heteroatoms. The van der Waals surface area contributed by atoms with Crippen LogP contribution in [0.15, 0.2) is 40.5 Å². The third-order valence-corrected chi connectivity index (χ3v) is 1.36. The number of benzene rings is 1. The molecular weight excluding hydrogens is 152 g/mol. The van der Waals surface area contributed by atoms with Gasteiger partial charge in [0.05, 0.1) is 0 Å². The van der Waals surface area contributed by atoms with Crippen LogP contribution in [0.25, 0.3) is 0 Å². The van der Waals surface area contributed by atoms with Gasteiger partial charge in [0.1, 0.15) is 0 Å². The van der Waals surface area contributed by atoms with E-state index >= 15 is 0 Å². The SMILES string of the molecule is C=NN/C(=N\N)c1ccccc1. The van der Waals surface area contributed by atoms with Crippen molar-refractivity contribution in [1.82, 2.24) is 5.43 Å². The maximum absolute atomic E-state index is 5.13. The standard InChI is InChI=1S/C8H10N4/c1-10-12-8(11-9)7-5-3-2-4-6-7/h2-6H,1,9H2,(H,11,12). The predicted molar refractivity (Wildman–Crippen MR) is 49.9 cm³/mol. The van der Waals surface area contributed by atoms with E-state index in [-0.39, 0.29) is 0 Å². The van der Waals surface area contributed by atoms with Crippen molar-refractivity contribution in [1.29, 1.82) is 0 Å². The zero-order valence-electron chi connectivity index (χ0n) is 6.57. The Morgan fingerprint density at radius 1 is 1.33 bits per heavy atom. The zero-order valence-corrected chi connectivity index (χ0v) is 6.57. The number of hydrogen-bond acceptors (Lipinski definition) is 3. The van der Waals surface area contributed by atoms with E-state index in [4.69, 9.17) is 5.84 Å². The Balaban J connectivity index is 2.88. The molecule has 3 N–H and O–H groups in total. The summed E-state index contributed by atoms with van der Waals surface area (Å²) >= 11 is 0. The molecule has 0 radical (unpaired) electrons. The number of nitrogens with two attached hydrogens (primary N) is 1. The summed E-state index contributed by atoms with van der Waals surface area (Å²) in [4.78, 5) is 0. The molecule has 0 atom stereocenters. The van der Waals surface area contributed by atoms with Crippen molar-refractivity contribution in [3.8, 4) is 0 Å². The molecule has 0 saturated heterocycles. The summed E-state index contributed by atoms with van der Waals surface area (Å²) in [5.41, 5.74) is 3.47. The highest BCUT2D eigenvalue weighted by atomic mass is 15.3. The molecule has 12 heavy (non-hydrogen) atoms. The van der Waals surface area contributed by atoms with Gasteiger partial charge in [0.15, 0.2) is 5.84 Å². The van der Waals surface area contributed by atoms with Crippen molar-refractivity contribution >= 4 is 12.6 Å². The minimum absolute atomic E-state index is 0.505. The van der Waals surface area contributed by atoms with Gasteiger partial charge in [0, 0.05) is 12.3 Å². The largest absolute Gasteiger partial charge is 0.321 e. The van der Waals surface area contributed by atoms with Crippen molar-refractivity contribution in [2.24, 2.45) is 16.0 Å². The molecule has 0 saturated carbocycles. The molecule has 1 aromatic rings. The first-order valence-corrected chi connectivity index (χ1v) is 3.43. The van der Waals surface area contributed by atoms with Gasteiger partial charge in [-0.15, -0.1) is 0 Å². The van der Waals surface area contributed by atoms with Crippen LogP contribution in [-0.2, 0) is 0 Å². The first-order valence-electron chi connectivity index (χ1n) is 3.43. The normalized spacial score (nSPS) is 10.8. The van der Waals surface area contributed by atoms with E-state index in [0.29, 0.717) is 5.84 Å². The Morgan fingerprint density at radius 3 is 2.50 bits per heavy atom. The Labute approximate surface area is 70.8 Å². The maximum atomic E-state index is 5.13. The quantitative estimate of drug-likeness (QED) is 0.288.